The lowest BCUT2D eigenvalue weighted by Gasteiger charge is -2.42. The molecule has 2 fully saturated rings. The summed E-state index contributed by atoms with van der Waals surface area (Å²) in [6.45, 7) is 0. The predicted molar refractivity (Wildman–Crippen MR) is 90.1 cm³/mol. The maximum atomic E-state index is 5.80. The van der Waals surface area contributed by atoms with E-state index in [1.54, 1.807) is 0 Å². The van der Waals surface area contributed by atoms with Crippen molar-refractivity contribution in [3.05, 3.63) is 24.3 Å². The molecule has 1 aromatic carbocycles. The Morgan fingerprint density at radius 1 is 0.762 bits per heavy atom. The summed E-state index contributed by atoms with van der Waals surface area (Å²) in [5, 5.41) is 2.60. The van der Waals surface area contributed by atoms with E-state index in [-0.39, 0.29) is 0 Å². The summed E-state index contributed by atoms with van der Waals surface area (Å²) >= 11 is 0. The molecule has 3 heteroatoms. The van der Waals surface area contributed by atoms with Crippen molar-refractivity contribution in [2.45, 2.75) is 76.3 Å². The van der Waals surface area contributed by atoms with Crippen LogP contribution in [0.5, 0.6) is 0 Å². The number of rotatable bonds is 4. The highest BCUT2D eigenvalue weighted by Gasteiger charge is 2.28. The van der Waals surface area contributed by atoms with E-state index >= 15 is 0 Å². The standard InChI is InChI=1S/C18H29N3/c19-15-11-13-16(14-12-15)20-21(17-7-3-1-4-8-17)18-9-5-2-6-10-18/h11-14,17-18,20H,1-10,19H2. The minimum absolute atomic E-state index is 0.708. The van der Waals surface area contributed by atoms with E-state index in [9.17, 15) is 0 Å². The topological polar surface area (TPSA) is 41.3 Å². The average Bonchev–Trinajstić information content (AvgIpc) is 2.56. The van der Waals surface area contributed by atoms with Gasteiger partial charge in [0.25, 0.3) is 0 Å². The average molecular weight is 287 g/mol. The molecule has 0 radical (unpaired) electrons. The fourth-order valence-corrected chi connectivity index (χ4v) is 3.91. The van der Waals surface area contributed by atoms with E-state index < -0.39 is 0 Å². The zero-order valence-corrected chi connectivity index (χ0v) is 13.1. The lowest BCUT2D eigenvalue weighted by molar-refractivity contribution is 0.109. The van der Waals surface area contributed by atoms with Gasteiger partial charge in [-0.05, 0) is 49.9 Å². The van der Waals surface area contributed by atoms with Gasteiger partial charge < -0.3 is 11.2 Å². The van der Waals surface area contributed by atoms with Gasteiger partial charge in [0.1, 0.15) is 0 Å². The number of nitrogens with one attached hydrogen (secondary N) is 1. The van der Waals surface area contributed by atoms with E-state index in [2.05, 4.69) is 22.6 Å². The number of hydrazine groups is 1. The van der Waals surface area contributed by atoms with Crippen LogP contribution in [-0.2, 0) is 0 Å². The second-order valence-corrected chi connectivity index (χ2v) is 6.72. The summed E-state index contributed by atoms with van der Waals surface area (Å²) in [6, 6.07) is 9.60. The van der Waals surface area contributed by atoms with Crippen LogP contribution in [0.2, 0.25) is 0 Å². The monoisotopic (exact) mass is 287 g/mol. The van der Waals surface area contributed by atoms with E-state index in [0.29, 0.717) is 12.1 Å². The van der Waals surface area contributed by atoms with Crippen LogP contribution >= 0.6 is 0 Å². The lowest BCUT2D eigenvalue weighted by Crippen LogP contribution is -2.48. The molecule has 2 aliphatic rings. The second-order valence-electron chi connectivity index (χ2n) is 6.72. The summed E-state index contributed by atoms with van der Waals surface area (Å²) < 4.78 is 0. The van der Waals surface area contributed by atoms with Gasteiger partial charge in [0, 0.05) is 23.5 Å². The molecule has 0 aliphatic heterocycles. The number of nitrogens with zero attached hydrogens (tertiary/aromatic N) is 1. The van der Waals surface area contributed by atoms with Crippen molar-refractivity contribution in [3.63, 3.8) is 0 Å². The third-order valence-electron chi connectivity index (χ3n) is 5.11. The molecule has 0 bridgehead atoms. The minimum Gasteiger partial charge on any atom is -0.399 e. The van der Waals surface area contributed by atoms with Gasteiger partial charge in [-0.3, -0.25) is 0 Å². The zero-order valence-electron chi connectivity index (χ0n) is 13.1. The van der Waals surface area contributed by atoms with Crippen molar-refractivity contribution in [1.82, 2.24) is 5.01 Å². The highest BCUT2D eigenvalue weighted by atomic mass is 15.5. The third kappa shape index (κ3) is 3.91. The molecule has 0 unspecified atom stereocenters. The first-order valence-corrected chi connectivity index (χ1v) is 8.73. The first-order valence-electron chi connectivity index (χ1n) is 8.73. The highest BCUT2D eigenvalue weighted by molar-refractivity contribution is 5.50. The molecule has 0 saturated heterocycles. The molecular weight excluding hydrogens is 258 g/mol. The summed E-state index contributed by atoms with van der Waals surface area (Å²) in [7, 11) is 0. The number of hydrogen-bond donors (Lipinski definition) is 2. The predicted octanol–water partition coefficient (Wildman–Crippen LogP) is 4.56. The number of nitrogen functional groups attached to an aromatic ring is 1. The Labute approximate surface area is 128 Å². The van der Waals surface area contributed by atoms with Crippen LogP contribution in [0.15, 0.2) is 24.3 Å². The Kier molecular flexibility index (Phi) is 5.02. The second kappa shape index (κ2) is 7.17. The number of anilines is 2. The minimum atomic E-state index is 0.708. The Balaban J connectivity index is 1.72. The molecule has 21 heavy (non-hydrogen) atoms. The number of hydrogen-bond acceptors (Lipinski definition) is 3. The van der Waals surface area contributed by atoms with Gasteiger partial charge in [0.2, 0.25) is 0 Å². The molecule has 3 N–H and O–H groups in total. The van der Waals surface area contributed by atoms with E-state index in [0.717, 1.165) is 5.69 Å². The Morgan fingerprint density at radius 3 is 1.71 bits per heavy atom. The SMILES string of the molecule is Nc1ccc(NN(C2CCCCC2)C2CCCCC2)cc1. The van der Waals surface area contributed by atoms with Gasteiger partial charge in [0.15, 0.2) is 0 Å². The van der Waals surface area contributed by atoms with Gasteiger partial charge >= 0.3 is 0 Å². The molecule has 1 aromatic rings. The van der Waals surface area contributed by atoms with Crippen LogP contribution in [-0.4, -0.2) is 17.1 Å². The maximum absolute atomic E-state index is 5.80. The molecule has 0 amide bonds. The molecule has 0 aromatic heterocycles. The van der Waals surface area contributed by atoms with Crippen molar-refractivity contribution >= 4 is 11.4 Å². The Hall–Kier alpha value is -1.22. The lowest BCUT2D eigenvalue weighted by atomic mass is 9.90. The molecular formula is C18H29N3. The molecule has 116 valence electrons. The summed E-state index contributed by atoms with van der Waals surface area (Å²) in [4.78, 5) is 0. The molecule has 2 aliphatic carbocycles. The molecule has 3 nitrogen and oxygen atoms in total. The van der Waals surface area contributed by atoms with E-state index in [1.165, 1.54) is 69.9 Å². The Bertz CT molecular complexity index is 399. The summed E-state index contributed by atoms with van der Waals surface area (Å²) in [5.74, 6) is 0. The first kappa shape index (κ1) is 14.7. The van der Waals surface area contributed by atoms with Gasteiger partial charge in [-0.1, -0.05) is 38.5 Å². The van der Waals surface area contributed by atoms with Gasteiger partial charge in [-0.25, -0.2) is 5.01 Å². The summed E-state index contributed by atoms with van der Waals surface area (Å²) in [6.07, 6.45) is 13.8. The van der Waals surface area contributed by atoms with Crippen LogP contribution in [0.3, 0.4) is 0 Å². The van der Waals surface area contributed by atoms with Crippen molar-refractivity contribution in [3.8, 4) is 0 Å². The largest absolute Gasteiger partial charge is 0.399 e. The van der Waals surface area contributed by atoms with Crippen molar-refractivity contribution in [2.24, 2.45) is 0 Å². The molecule has 3 rings (SSSR count). The summed E-state index contributed by atoms with van der Waals surface area (Å²) in [5.41, 5.74) is 11.5. The first-order chi connectivity index (χ1) is 10.3. The van der Waals surface area contributed by atoms with Gasteiger partial charge in [0.05, 0.1) is 0 Å². The van der Waals surface area contributed by atoms with Crippen LogP contribution in [0.4, 0.5) is 11.4 Å². The van der Waals surface area contributed by atoms with Crippen LogP contribution in [0.25, 0.3) is 0 Å². The third-order valence-corrected chi connectivity index (χ3v) is 5.11. The molecule has 0 atom stereocenters. The molecule has 0 heterocycles. The number of nitrogens with two attached hydrogens (primary N) is 1. The van der Waals surface area contributed by atoms with Crippen molar-refractivity contribution < 1.29 is 0 Å². The fourth-order valence-electron chi connectivity index (χ4n) is 3.91. The zero-order chi connectivity index (χ0) is 14.5. The highest BCUT2D eigenvalue weighted by Crippen LogP contribution is 2.30. The quantitative estimate of drug-likeness (QED) is 0.630. The van der Waals surface area contributed by atoms with Crippen LogP contribution in [0, 0.1) is 0 Å². The number of benzene rings is 1. The smallest absolute Gasteiger partial charge is 0.0491 e. The van der Waals surface area contributed by atoms with Gasteiger partial charge in [-0.2, -0.15) is 0 Å². The van der Waals surface area contributed by atoms with Crippen molar-refractivity contribution in [1.29, 1.82) is 0 Å². The van der Waals surface area contributed by atoms with E-state index in [1.807, 2.05) is 12.1 Å². The Morgan fingerprint density at radius 2 is 1.24 bits per heavy atom. The van der Waals surface area contributed by atoms with Crippen LogP contribution < -0.4 is 11.2 Å². The van der Waals surface area contributed by atoms with E-state index in [4.69, 9.17) is 5.73 Å². The normalized spacial score (nSPS) is 21.6. The molecule has 2 saturated carbocycles. The van der Waals surface area contributed by atoms with Crippen LogP contribution in [0.1, 0.15) is 64.2 Å². The molecule has 0 spiro atoms. The van der Waals surface area contributed by atoms with Gasteiger partial charge in [-0.15, -0.1) is 0 Å². The fraction of sp³-hybridized carbons (Fsp3) is 0.667. The van der Waals surface area contributed by atoms with Crippen molar-refractivity contribution in [2.75, 3.05) is 11.2 Å². The maximum Gasteiger partial charge on any atom is 0.0491 e.